The minimum Gasteiger partial charge on any atom is -0.461 e. The molecule has 0 heterocycles. The van der Waals surface area contributed by atoms with E-state index in [9.17, 15) is 9.59 Å². The van der Waals surface area contributed by atoms with E-state index in [4.69, 9.17) is 23.2 Å². The molecular weight excluding hydrogens is 231 g/mol. The number of esters is 2. The van der Waals surface area contributed by atoms with Crippen LogP contribution in [0.15, 0.2) is 13.2 Å². The van der Waals surface area contributed by atoms with E-state index < -0.39 is 11.9 Å². The SMILES string of the molecule is C=C.O=C(CCl)OCCOC(=O)CCl. The molecule has 0 aromatic carbocycles. The van der Waals surface area contributed by atoms with Crippen molar-refractivity contribution in [1.29, 1.82) is 0 Å². The molecule has 0 rings (SSSR count). The molecule has 0 aliphatic heterocycles. The van der Waals surface area contributed by atoms with Gasteiger partial charge in [-0.05, 0) is 0 Å². The largest absolute Gasteiger partial charge is 0.461 e. The van der Waals surface area contributed by atoms with E-state index in [1.54, 1.807) is 0 Å². The summed E-state index contributed by atoms with van der Waals surface area (Å²) in [5.74, 6) is -1.50. The lowest BCUT2D eigenvalue weighted by molar-refractivity contribution is -0.149. The maximum absolute atomic E-state index is 10.4. The summed E-state index contributed by atoms with van der Waals surface area (Å²) in [6.07, 6.45) is 0. The van der Waals surface area contributed by atoms with Gasteiger partial charge in [-0.15, -0.1) is 36.4 Å². The second-order valence-corrected chi connectivity index (χ2v) is 2.24. The molecule has 0 radical (unpaired) electrons. The lowest BCUT2D eigenvalue weighted by atomic mass is 10.7. The number of hydrogen-bond donors (Lipinski definition) is 0. The fourth-order valence-corrected chi connectivity index (χ4v) is 0.542. The zero-order valence-corrected chi connectivity index (χ0v) is 9.14. The first-order valence-electron chi connectivity index (χ1n) is 3.64. The molecule has 6 heteroatoms. The van der Waals surface area contributed by atoms with Gasteiger partial charge in [-0.3, -0.25) is 9.59 Å². The summed E-state index contributed by atoms with van der Waals surface area (Å²) < 4.78 is 8.99. The van der Waals surface area contributed by atoms with Gasteiger partial charge in [0.05, 0.1) is 0 Å². The zero-order valence-electron chi connectivity index (χ0n) is 7.63. The predicted octanol–water partition coefficient (Wildman–Crippen LogP) is 1.35. The lowest BCUT2D eigenvalue weighted by Crippen LogP contribution is -2.14. The summed E-state index contributed by atoms with van der Waals surface area (Å²) in [6, 6.07) is 0. The van der Waals surface area contributed by atoms with E-state index in [0.29, 0.717) is 0 Å². The highest BCUT2D eigenvalue weighted by molar-refractivity contribution is 6.26. The molecule has 0 aliphatic rings. The predicted molar refractivity (Wildman–Crippen MR) is 54.6 cm³/mol. The summed E-state index contributed by atoms with van der Waals surface area (Å²) in [4.78, 5) is 20.8. The van der Waals surface area contributed by atoms with Crippen LogP contribution in [0.4, 0.5) is 0 Å². The highest BCUT2D eigenvalue weighted by atomic mass is 35.5. The van der Waals surface area contributed by atoms with Crippen LogP contribution in [-0.4, -0.2) is 36.9 Å². The van der Waals surface area contributed by atoms with Gasteiger partial charge in [-0.1, -0.05) is 0 Å². The molecular formula is C8H12Cl2O4. The molecule has 0 amide bonds. The molecule has 0 N–H and O–H groups in total. The van der Waals surface area contributed by atoms with Crippen LogP contribution in [0.5, 0.6) is 0 Å². The maximum atomic E-state index is 10.4. The fourth-order valence-electron chi connectivity index (χ4n) is 0.388. The van der Waals surface area contributed by atoms with Crippen molar-refractivity contribution in [3.63, 3.8) is 0 Å². The Morgan fingerprint density at radius 1 is 0.929 bits per heavy atom. The van der Waals surface area contributed by atoms with Crippen LogP contribution in [0.2, 0.25) is 0 Å². The van der Waals surface area contributed by atoms with Gasteiger partial charge in [0.25, 0.3) is 0 Å². The van der Waals surface area contributed by atoms with Gasteiger partial charge >= 0.3 is 11.9 Å². The van der Waals surface area contributed by atoms with Crippen molar-refractivity contribution >= 4 is 35.1 Å². The van der Waals surface area contributed by atoms with Crippen molar-refractivity contribution in [2.24, 2.45) is 0 Å². The second kappa shape index (κ2) is 12.3. The van der Waals surface area contributed by atoms with Crippen LogP contribution < -0.4 is 0 Å². The lowest BCUT2D eigenvalue weighted by Gasteiger charge is -2.02. The van der Waals surface area contributed by atoms with E-state index in [0.717, 1.165) is 0 Å². The van der Waals surface area contributed by atoms with Crippen molar-refractivity contribution in [2.75, 3.05) is 25.0 Å². The monoisotopic (exact) mass is 242 g/mol. The highest BCUT2D eigenvalue weighted by Gasteiger charge is 2.01. The first-order chi connectivity index (χ1) is 6.70. The van der Waals surface area contributed by atoms with Gasteiger partial charge in [0.15, 0.2) is 0 Å². The van der Waals surface area contributed by atoms with E-state index in [1.165, 1.54) is 0 Å². The molecule has 0 saturated heterocycles. The van der Waals surface area contributed by atoms with Crippen molar-refractivity contribution in [3.05, 3.63) is 13.2 Å². The second-order valence-electron chi connectivity index (χ2n) is 1.71. The summed E-state index contributed by atoms with van der Waals surface area (Å²) >= 11 is 10.2. The van der Waals surface area contributed by atoms with E-state index in [-0.39, 0.29) is 25.0 Å². The number of carbonyl (C=O) groups excluding carboxylic acids is 2. The van der Waals surface area contributed by atoms with Crippen LogP contribution >= 0.6 is 23.2 Å². The maximum Gasteiger partial charge on any atom is 0.320 e. The zero-order chi connectivity index (χ0) is 11.4. The number of carbonyl (C=O) groups is 2. The Morgan fingerprint density at radius 3 is 1.43 bits per heavy atom. The number of rotatable bonds is 5. The molecule has 0 spiro atoms. The summed E-state index contributed by atoms with van der Waals surface area (Å²) in [6.45, 7) is 6.02. The number of ether oxygens (including phenoxy) is 2. The van der Waals surface area contributed by atoms with E-state index in [2.05, 4.69) is 22.6 Å². The standard InChI is InChI=1S/C6H8Cl2O4.C2H4/c7-3-5(9)11-1-2-12-6(10)4-8;1-2/h1-4H2;1-2H2. The average molecular weight is 243 g/mol. The minimum absolute atomic E-state index is 0.00812. The first-order valence-corrected chi connectivity index (χ1v) is 4.70. The Hall–Kier alpha value is -0.740. The van der Waals surface area contributed by atoms with Gasteiger partial charge < -0.3 is 9.47 Å². The van der Waals surface area contributed by atoms with Crippen LogP contribution in [0.25, 0.3) is 0 Å². The quantitative estimate of drug-likeness (QED) is 0.316. The third-order valence-electron chi connectivity index (χ3n) is 0.828. The number of alkyl halides is 2. The molecule has 0 bridgehead atoms. The van der Waals surface area contributed by atoms with Gasteiger partial charge in [-0.2, -0.15) is 0 Å². The molecule has 4 nitrogen and oxygen atoms in total. The van der Waals surface area contributed by atoms with Crippen LogP contribution in [0, 0.1) is 0 Å². The fraction of sp³-hybridized carbons (Fsp3) is 0.500. The van der Waals surface area contributed by atoms with Crippen molar-refractivity contribution in [2.45, 2.75) is 0 Å². The summed E-state index contributed by atoms with van der Waals surface area (Å²) in [5.41, 5.74) is 0. The first kappa shape index (κ1) is 15.7. The molecule has 0 aliphatic carbocycles. The van der Waals surface area contributed by atoms with Crippen LogP contribution in [0.1, 0.15) is 0 Å². The molecule has 0 fully saturated rings. The Bertz CT molecular complexity index is 155. The third-order valence-corrected chi connectivity index (χ3v) is 1.26. The smallest absolute Gasteiger partial charge is 0.320 e. The Kier molecular flexibility index (Phi) is 13.8. The summed E-state index contributed by atoms with van der Waals surface area (Å²) in [7, 11) is 0. The molecule has 0 atom stereocenters. The van der Waals surface area contributed by atoms with Crippen molar-refractivity contribution in [3.8, 4) is 0 Å². The number of halogens is 2. The highest BCUT2D eigenvalue weighted by Crippen LogP contribution is 1.86. The molecule has 14 heavy (non-hydrogen) atoms. The molecule has 0 unspecified atom stereocenters. The topological polar surface area (TPSA) is 52.6 Å². The van der Waals surface area contributed by atoms with Gasteiger partial charge in [0.2, 0.25) is 0 Å². The average Bonchev–Trinajstić information content (AvgIpc) is 2.26. The van der Waals surface area contributed by atoms with Gasteiger partial charge in [0, 0.05) is 0 Å². The van der Waals surface area contributed by atoms with Gasteiger partial charge in [0.1, 0.15) is 25.0 Å². The number of hydrogen-bond acceptors (Lipinski definition) is 4. The van der Waals surface area contributed by atoms with Crippen molar-refractivity contribution in [1.82, 2.24) is 0 Å². The Balaban J connectivity index is 0. The Labute approximate surface area is 92.8 Å². The van der Waals surface area contributed by atoms with E-state index >= 15 is 0 Å². The third kappa shape index (κ3) is 11.3. The molecule has 82 valence electrons. The Morgan fingerprint density at radius 2 is 1.21 bits per heavy atom. The minimum atomic E-state index is -0.543. The van der Waals surface area contributed by atoms with Crippen LogP contribution in [-0.2, 0) is 19.1 Å². The van der Waals surface area contributed by atoms with E-state index in [1.807, 2.05) is 0 Å². The molecule has 0 saturated carbocycles. The van der Waals surface area contributed by atoms with Crippen LogP contribution in [0.3, 0.4) is 0 Å². The molecule has 0 aromatic rings. The van der Waals surface area contributed by atoms with Gasteiger partial charge in [-0.25, -0.2) is 0 Å². The molecule has 0 aromatic heterocycles. The summed E-state index contributed by atoms with van der Waals surface area (Å²) in [5, 5.41) is 0. The van der Waals surface area contributed by atoms with Crippen molar-refractivity contribution < 1.29 is 19.1 Å². The normalized spacial score (nSPS) is 8.14.